The van der Waals surface area contributed by atoms with Crippen molar-refractivity contribution in [3.8, 4) is 0 Å². The van der Waals surface area contributed by atoms with Gasteiger partial charge in [0.15, 0.2) is 0 Å². The maximum atomic E-state index is 6.17. The minimum Gasteiger partial charge on any atom is -0.372 e. The van der Waals surface area contributed by atoms with E-state index in [0.717, 1.165) is 26.4 Å². The van der Waals surface area contributed by atoms with Crippen molar-refractivity contribution in [1.29, 1.82) is 0 Å². The molecule has 0 spiro atoms. The second-order valence-corrected chi connectivity index (χ2v) is 9.88. The van der Waals surface area contributed by atoms with E-state index in [1.807, 2.05) is 11.8 Å². The first-order chi connectivity index (χ1) is 10.7. The first kappa shape index (κ1) is 16.0. The predicted molar refractivity (Wildman–Crippen MR) is 89.8 cm³/mol. The smallest absolute Gasteiger partial charge is 0.0978 e. The molecule has 4 aliphatic rings. The van der Waals surface area contributed by atoms with E-state index in [2.05, 4.69) is 32.5 Å². The Morgan fingerprint density at radius 2 is 1.23 bits per heavy atom. The molecule has 8 atom stereocenters. The lowest BCUT2D eigenvalue weighted by atomic mass is 9.95. The van der Waals surface area contributed by atoms with Gasteiger partial charge in [0.2, 0.25) is 0 Å². The largest absolute Gasteiger partial charge is 0.372 e. The maximum absolute atomic E-state index is 6.17. The number of rotatable bonds is 2. The fraction of sp³-hybridized carbons (Fsp3) is 1.00. The van der Waals surface area contributed by atoms with Gasteiger partial charge < -0.3 is 18.9 Å². The molecule has 0 radical (unpaired) electrons. The van der Waals surface area contributed by atoms with Gasteiger partial charge in [-0.15, -0.1) is 23.5 Å². The lowest BCUT2D eigenvalue weighted by Crippen LogP contribution is -2.50. The summed E-state index contributed by atoms with van der Waals surface area (Å²) < 4.78 is 24.4. The summed E-state index contributed by atoms with van der Waals surface area (Å²) in [5.74, 6) is 0.604. The molecule has 0 aromatic rings. The van der Waals surface area contributed by atoms with Gasteiger partial charge >= 0.3 is 0 Å². The van der Waals surface area contributed by atoms with Crippen LogP contribution in [0.2, 0.25) is 0 Å². The molecular weight excluding hydrogens is 320 g/mol. The van der Waals surface area contributed by atoms with Gasteiger partial charge in [-0.1, -0.05) is 20.8 Å². The van der Waals surface area contributed by atoms with Crippen LogP contribution in [0.4, 0.5) is 0 Å². The third-order valence-corrected chi connectivity index (χ3v) is 8.90. The van der Waals surface area contributed by atoms with Gasteiger partial charge in [-0.25, -0.2) is 0 Å². The molecule has 0 N–H and O–H groups in total. The third kappa shape index (κ3) is 2.64. The quantitative estimate of drug-likeness (QED) is 0.763. The number of ether oxygens (including phenoxy) is 4. The molecule has 0 aliphatic carbocycles. The van der Waals surface area contributed by atoms with Crippen LogP contribution < -0.4 is 0 Å². The molecule has 0 bridgehead atoms. The van der Waals surface area contributed by atoms with Gasteiger partial charge in [0, 0.05) is 21.0 Å². The number of thioether (sulfide) groups is 2. The first-order valence-corrected chi connectivity index (χ1v) is 10.3. The summed E-state index contributed by atoms with van der Waals surface area (Å²) in [5.41, 5.74) is 0. The standard InChI is InChI=1S/C16H26O4S2/c1-8(2)14-12-13(20-7-6-19-12)16(22-14)15-11-10(9(3)21-15)17-4-5-18-11/h8-16H,4-7H2,1-3H3. The van der Waals surface area contributed by atoms with Crippen molar-refractivity contribution in [3.63, 3.8) is 0 Å². The van der Waals surface area contributed by atoms with Gasteiger partial charge in [0.1, 0.15) is 0 Å². The number of fused-ring (bicyclic) bond motifs is 2. The summed E-state index contributed by atoms with van der Waals surface area (Å²) in [7, 11) is 0. The second kappa shape index (κ2) is 6.45. The van der Waals surface area contributed by atoms with E-state index in [1.165, 1.54) is 0 Å². The molecule has 0 aromatic heterocycles. The second-order valence-electron chi connectivity index (χ2n) is 6.96. The summed E-state index contributed by atoms with van der Waals surface area (Å²) >= 11 is 4.10. The molecule has 22 heavy (non-hydrogen) atoms. The average Bonchev–Trinajstić information content (AvgIpc) is 3.06. The Kier molecular flexibility index (Phi) is 4.70. The zero-order valence-corrected chi connectivity index (χ0v) is 15.1. The highest BCUT2D eigenvalue weighted by Crippen LogP contribution is 2.52. The van der Waals surface area contributed by atoms with Crippen LogP contribution in [-0.2, 0) is 18.9 Å². The van der Waals surface area contributed by atoms with Crippen LogP contribution in [0.5, 0.6) is 0 Å². The summed E-state index contributed by atoms with van der Waals surface area (Å²) in [4.78, 5) is 0. The molecule has 4 heterocycles. The highest BCUT2D eigenvalue weighted by atomic mass is 32.2. The summed E-state index contributed by atoms with van der Waals surface area (Å²) in [6.07, 6.45) is 0.900. The zero-order chi connectivity index (χ0) is 15.3. The van der Waals surface area contributed by atoms with Gasteiger partial charge in [-0.3, -0.25) is 0 Å². The first-order valence-electron chi connectivity index (χ1n) is 8.44. The van der Waals surface area contributed by atoms with Crippen molar-refractivity contribution in [2.24, 2.45) is 5.92 Å². The Bertz CT molecular complexity index is 408. The molecular formula is C16H26O4S2. The lowest BCUT2D eigenvalue weighted by Gasteiger charge is -2.35. The van der Waals surface area contributed by atoms with E-state index in [-0.39, 0.29) is 24.4 Å². The molecule has 126 valence electrons. The topological polar surface area (TPSA) is 36.9 Å². The predicted octanol–water partition coefficient (Wildman–Crippen LogP) is 2.20. The Hall–Kier alpha value is 0.540. The SMILES string of the molecule is CC(C)C1SC(C2SC(C)C3OCCOC32)C2OCCOC21. The molecule has 0 aromatic carbocycles. The van der Waals surface area contributed by atoms with Crippen molar-refractivity contribution in [1.82, 2.24) is 0 Å². The van der Waals surface area contributed by atoms with Crippen LogP contribution in [0.3, 0.4) is 0 Å². The summed E-state index contributed by atoms with van der Waals surface area (Å²) in [6.45, 7) is 9.77. The minimum atomic E-state index is 0.208. The normalized spacial score (nSPS) is 51.8. The molecule has 0 amide bonds. The maximum Gasteiger partial charge on any atom is 0.0978 e. The Labute approximate surface area is 141 Å². The summed E-state index contributed by atoms with van der Waals surface area (Å²) in [6, 6.07) is 0. The fourth-order valence-electron chi connectivity index (χ4n) is 4.17. The van der Waals surface area contributed by atoms with E-state index in [1.54, 1.807) is 0 Å². The number of hydrogen-bond donors (Lipinski definition) is 0. The van der Waals surface area contributed by atoms with E-state index in [0.29, 0.717) is 26.9 Å². The van der Waals surface area contributed by atoms with Gasteiger partial charge in [0.05, 0.1) is 50.8 Å². The van der Waals surface area contributed by atoms with Gasteiger partial charge in [-0.05, 0) is 5.92 Å². The molecule has 4 nitrogen and oxygen atoms in total. The highest BCUT2D eigenvalue weighted by Gasteiger charge is 2.57. The van der Waals surface area contributed by atoms with Crippen LogP contribution in [0, 0.1) is 5.92 Å². The van der Waals surface area contributed by atoms with Crippen molar-refractivity contribution in [2.75, 3.05) is 26.4 Å². The lowest BCUT2D eigenvalue weighted by molar-refractivity contribution is -0.150. The molecule has 6 heteroatoms. The third-order valence-electron chi connectivity index (χ3n) is 5.16. The minimum absolute atomic E-state index is 0.208. The van der Waals surface area contributed by atoms with Gasteiger partial charge in [0.25, 0.3) is 0 Å². The Morgan fingerprint density at radius 1 is 0.727 bits per heavy atom. The van der Waals surface area contributed by atoms with E-state index >= 15 is 0 Å². The zero-order valence-electron chi connectivity index (χ0n) is 13.5. The molecule has 4 rings (SSSR count). The van der Waals surface area contributed by atoms with E-state index in [9.17, 15) is 0 Å². The fourth-order valence-corrected chi connectivity index (χ4v) is 7.90. The Morgan fingerprint density at radius 3 is 1.86 bits per heavy atom. The molecule has 8 unspecified atom stereocenters. The van der Waals surface area contributed by atoms with Crippen molar-refractivity contribution in [3.05, 3.63) is 0 Å². The van der Waals surface area contributed by atoms with Crippen molar-refractivity contribution in [2.45, 2.75) is 66.2 Å². The molecule has 4 fully saturated rings. The van der Waals surface area contributed by atoms with Crippen LogP contribution in [0.25, 0.3) is 0 Å². The molecule has 4 saturated heterocycles. The molecule has 4 aliphatic heterocycles. The average molecular weight is 347 g/mol. The van der Waals surface area contributed by atoms with Crippen LogP contribution in [0.1, 0.15) is 20.8 Å². The Balaban J connectivity index is 1.56. The highest BCUT2D eigenvalue weighted by molar-refractivity contribution is 8.04. The molecule has 0 saturated carbocycles. The van der Waals surface area contributed by atoms with E-state index < -0.39 is 0 Å². The van der Waals surface area contributed by atoms with Crippen LogP contribution in [0.15, 0.2) is 0 Å². The van der Waals surface area contributed by atoms with Crippen LogP contribution in [-0.4, -0.2) is 71.8 Å². The van der Waals surface area contributed by atoms with Crippen molar-refractivity contribution < 1.29 is 18.9 Å². The van der Waals surface area contributed by atoms with Gasteiger partial charge in [-0.2, -0.15) is 0 Å². The monoisotopic (exact) mass is 346 g/mol. The summed E-state index contributed by atoms with van der Waals surface area (Å²) in [5, 5.41) is 1.91. The van der Waals surface area contributed by atoms with E-state index in [4.69, 9.17) is 18.9 Å². The van der Waals surface area contributed by atoms with Crippen molar-refractivity contribution >= 4 is 23.5 Å². The van der Waals surface area contributed by atoms with Crippen LogP contribution >= 0.6 is 23.5 Å². The number of hydrogen-bond acceptors (Lipinski definition) is 6.